The first-order valence-electron chi connectivity index (χ1n) is 11.0. The Hall–Kier alpha value is -3.24. The van der Waals surface area contributed by atoms with Crippen LogP contribution in [-0.4, -0.2) is 8.07 Å². The maximum Gasteiger partial charge on any atom is 0.216 e. The lowest BCUT2D eigenvalue weighted by Gasteiger charge is -2.32. The van der Waals surface area contributed by atoms with E-state index in [0.717, 1.165) is 14.7 Å². The van der Waals surface area contributed by atoms with Crippen LogP contribution in [0.4, 0.5) is 0 Å². The van der Waals surface area contributed by atoms with Gasteiger partial charge in [-0.05, 0) is 39.0 Å². The Bertz CT molecular complexity index is 1520. The van der Waals surface area contributed by atoms with Gasteiger partial charge in [-0.25, -0.2) is 0 Å². The minimum atomic E-state index is -2.66. The molecule has 0 spiro atoms. The van der Waals surface area contributed by atoms with Gasteiger partial charge in [0, 0.05) is 34.2 Å². The van der Waals surface area contributed by atoms with Crippen LogP contribution in [0.5, 0.6) is 0 Å². The highest BCUT2D eigenvalue weighted by atomic mass is 127. The van der Waals surface area contributed by atoms with E-state index >= 15 is 0 Å². The Kier molecular flexibility index (Phi) is 5.11. The van der Waals surface area contributed by atoms with Gasteiger partial charge in [-0.1, -0.05) is 91.0 Å². The van der Waals surface area contributed by atoms with Gasteiger partial charge in [0.1, 0.15) is 23.3 Å². The van der Waals surface area contributed by atoms with Gasteiger partial charge in [0.2, 0.25) is 8.07 Å². The van der Waals surface area contributed by atoms with Crippen LogP contribution in [0.25, 0.3) is 21.9 Å². The van der Waals surface area contributed by atoms with Crippen molar-refractivity contribution < 1.29 is 4.42 Å². The fourth-order valence-corrected chi connectivity index (χ4v) is 10.5. The van der Waals surface area contributed by atoms with E-state index in [0.29, 0.717) is 0 Å². The molecule has 156 valence electrons. The highest BCUT2D eigenvalue weighted by Gasteiger charge is 2.47. The smallest absolute Gasteiger partial charge is 0.216 e. The number of halogens is 1. The Balaban J connectivity index is 1.82. The molecule has 3 heteroatoms. The van der Waals surface area contributed by atoms with Crippen LogP contribution in [0.15, 0.2) is 131 Å². The number of hydrogen-bond acceptors (Lipinski definition) is 1. The first-order valence-corrected chi connectivity index (χ1v) is 14.1. The predicted molar refractivity (Wildman–Crippen MR) is 149 cm³/mol. The molecule has 1 aliphatic carbocycles. The van der Waals surface area contributed by atoms with E-state index in [2.05, 4.69) is 138 Å². The van der Waals surface area contributed by atoms with E-state index in [1.165, 1.54) is 31.5 Å². The minimum Gasteiger partial charge on any atom is -0.455 e. The lowest BCUT2D eigenvalue weighted by molar-refractivity contribution is 0.669. The maximum absolute atomic E-state index is 6.70. The number of rotatable bonds is 4. The van der Waals surface area contributed by atoms with Crippen molar-refractivity contribution in [3.8, 4) is 0 Å². The normalized spacial score (nSPS) is 13.3. The molecule has 0 amide bonds. The number of para-hydroxylation sites is 2. The highest BCUT2D eigenvalue weighted by molar-refractivity contribution is 14.1. The van der Waals surface area contributed by atoms with Crippen LogP contribution in [0, 0.1) is 9.65 Å². The van der Waals surface area contributed by atoms with Gasteiger partial charge in [-0.3, -0.25) is 0 Å². The van der Waals surface area contributed by atoms with Crippen molar-refractivity contribution in [3.05, 3.63) is 136 Å². The fraction of sp³-hybridized carbons (Fsp3) is 0. The van der Waals surface area contributed by atoms with Crippen LogP contribution in [0.1, 0.15) is 0 Å². The van der Waals surface area contributed by atoms with Gasteiger partial charge in [0.25, 0.3) is 0 Å². The monoisotopic (exact) mass is 551 g/mol. The molecule has 1 aliphatic rings. The third-order valence-electron chi connectivity index (χ3n) is 6.45. The predicted octanol–water partition coefficient (Wildman–Crippen LogP) is 6.06. The Labute approximate surface area is 207 Å². The van der Waals surface area contributed by atoms with Crippen LogP contribution < -0.4 is 15.6 Å². The Morgan fingerprint density at radius 3 is 1.94 bits per heavy atom. The highest BCUT2D eigenvalue weighted by Crippen LogP contribution is 2.33. The number of allylic oxidation sites excluding steroid dienone is 6. The molecule has 0 atom stereocenters. The lowest BCUT2D eigenvalue weighted by atomic mass is 10.1. The molecule has 0 saturated heterocycles. The molecule has 1 nitrogen and oxygen atoms in total. The molecule has 4 aromatic carbocycles. The zero-order valence-corrected chi connectivity index (χ0v) is 21.0. The molecule has 0 aliphatic heterocycles. The van der Waals surface area contributed by atoms with Crippen molar-refractivity contribution in [1.82, 2.24) is 0 Å². The summed E-state index contributed by atoms with van der Waals surface area (Å²) in [7, 11) is -2.66. The quantitative estimate of drug-likeness (QED) is 0.115. The van der Waals surface area contributed by atoms with Gasteiger partial charge in [-0.2, -0.15) is 0 Å². The van der Waals surface area contributed by atoms with Crippen LogP contribution in [0.3, 0.4) is 0 Å². The molecule has 1 aromatic heterocycles. The van der Waals surface area contributed by atoms with E-state index in [4.69, 9.17) is 4.42 Å². The SMILES string of the molecule is Ic1cccc2c1oc1c([Si](C3=CC=[C+]C=C3)(c3ccccc3)c3ccccc3)cccc12. The summed E-state index contributed by atoms with van der Waals surface area (Å²) in [5.74, 6) is 0. The Morgan fingerprint density at radius 1 is 0.667 bits per heavy atom. The van der Waals surface area contributed by atoms with Crippen LogP contribution in [-0.2, 0) is 0 Å². The second-order valence-corrected chi connectivity index (χ2v) is 13.1. The molecule has 1 heterocycles. The van der Waals surface area contributed by atoms with Gasteiger partial charge in [0.15, 0.2) is 0 Å². The fourth-order valence-electron chi connectivity index (χ4n) is 5.06. The summed E-state index contributed by atoms with van der Waals surface area (Å²) < 4.78 is 7.84. The topological polar surface area (TPSA) is 13.1 Å². The molecular weight excluding hydrogens is 531 g/mol. The van der Waals surface area contributed by atoms with Crippen LogP contribution >= 0.6 is 22.6 Å². The molecule has 0 fully saturated rings. The number of fused-ring (bicyclic) bond motifs is 3. The van der Waals surface area contributed by atoms with Crippen molar-refractivity contribution in [1.29, 1.82) is 0 Å². The van der Waals surface area contributed by atoms with E-state index < -0.39 is 8.07 Å². The number of furan rings is 1. The average molecular weight is 551 g/mol. The number of benzene rings is 4. The van der Waals surface area contributed by atoms with Gasteiger partial charge in [0.05, 0.1) is 8.77 Å². The van der Waals surface area contributed by atoms with Crippen molar-refractivity contribution in [2.75, 3.05) is 0 Å². The van der Waals surface area contributed by atoms with Gasteiger partial charge in [-0.15, -0.1) is 0 Å². The summed E-state index contributed by atoms with van der Waals surface area (Å²) in [5, 5.41) is 7.61. The van der Waals surface area contributed by atoms with E-state index in [1.54, 1.807) is 0 Å². The maximum atomic E-state index is 6.70. The molecule has 0 radical (unpaired) electrons. The van der Waals surface area contributed by atoms with Crippen molar-refractivity contribution in [2.24, 2.45) is 0 Å². The molecule has 0 saturated carbocycles. The first-order chi connectivity index (χ1) is 16.3. The summed E-state index contributed by atoms with van der Waals surface area (Å²) in [4.78, 5) is 0. The Morgan fingerprint density at radius 2 is 1.30 bits per heavy atom. The standard InChI is InChI=1S/C30H20IOSi/c31-27-20-10-18-25-26-19-11-21-28(30(26)32-29(25)27)33(22-12-4-1-5-13-22,23-14-6-2-7-15-23)24-16-8-3-9-17-24/h1-2,4-21H/q+1. The third-order valence-corrected chi connectivity index (χ3v) is 12.1. The van der Waals surface area contributed by atoms with Gasteiger partial charge < -0.3 is 4.42 Å². The zero-order chi connectivity index (χ0) is 22.3. The molecule has 0 bridgehead atoms. The number of hydrogen-bond donors (Lipinski definition) is 0. The molecule has 0 N–H and O–H groups in total. The van der Waals surface area contributed by atoms with Gasteiger partial charge >= 0.3 is 0 Å². The summed E-state index contributed by atoms with van der Waals surface area (Å²) in [5.41, 5.74) is 1.95. The second-order valence-electron chi connectivity index (χ2n) is 8.17. The molecule has 0 unspecified atom stereocenters. The molecule has 33 heavy (non-hydrogen) atoms. The van der Waals surface area contributed by atoms with E-state index in [9.17, 15) is 0 Å². The van der Waals surface area contributed by atoms with Crippen LogP contribution in [0.2, 0.25) is 0 Å². The average Bonchev–Trinajstić information content (AvgIpc) is 3.28. The zero-order valence-electron chi connectivity index (χ0n) is 17.8. The summed E-state index contributed by atoms with van der Waals surface area (Å²) in [6, 6.07) is 34.9. The second kappa shape index (κ2) is 8.27. The first kappa shape index (κ1) is 20.4. The third kappa shape index (κ3) is 3.16. The minimum absolute atomic E-state index is 0.964. The summed E-state index contributed by atoms with van der Waals surface area (Å²) >= 11 is 2.37. The molecule has 5 aromatic rings. The van der Waals surface area contributed by atoms with E-state index in [-0.39, 0.29) is 0 Å². The van der Waals surface area contributed by atoms with E-state index in [1.807, 2.05) is 12.2 Å². The summed E-state index contributed by atoms with van der Waals surface area (Å²) in [6.07, 6.45) is 11.8. The van der Waals surface area contributed by atoms with Crippen molar-refractivity contribution >= 4 is 68.2 Å². The summed E-state index contributed by atoms with van der Waals surface area (Å²) in [6.45, 7) is 0. The van der Waals surface area contributed by atoms with Crippen molar-refractivity contribution in [2.45, 2.75) is 0 Å². The molecule has 6 rings (SSSR count). The lowest BCUT2D eigenvalue weighted by Crippen LogP contribution is -2.68. The largest absolute Gasteiger partial charge is 0.455 e. The van der Waals surface area contributed by atoms with Crippen molar-refractivity contribution in [3.63, 3.8) is 0 Å². The molecular formula is C30H20IOSi+.